The Labute approximate surface area is 163 Å². The highest BCUT2D eigenvalue weighted by molar-refractivity contribution is 7.95. The molecule has 0 saturated carbocycles. The Morgan fingerprint density at radius 3 is 2.11 bits per heavy atom. The van der Waals surface area contributed by atoms with Gasteiger partial charge in [-0.2, -0.15) is 0 Å². The second-order valence-electron chi connectivity index (χ2n) is 6.62. The summed E-state index contributed by atoms with van der Waals surface area (Å²) in [6.07, 6.45) is 0. The zero-order valence-electron chi connectivity index (χ0n) is 15.8. The number of aryl methyl sites for hydroxylation is 4. The van der Waals surface area contributed by atoms with E-state index < -0.39 is 4.92 Å². The SMILES string of the molecule is Cc1cc(C)c(SOc2c(-c3ccccc3C)cccc2[N+](=O)[O-])c(C)c1. The Bertz CT molecular complexity index is 991. The highest BCUT2D eigenvalue weighted by Crippen LogP contribution is 2.42. The van der Waals surface area contributed by atoms with Gasteiger partial charge in [0.1, 0.15) is 0 Å². The van der Waals surface area contributed by atoms with E-state index in [1.807, 2.05) is 58.0 Å². The van der Waals surface area contributed by atoms with Gasteiger partial charge in [0.2, 0.25) is 5.75 Å². The average Bonchev–Trinajstić information content (AvgIpc) is 2.61. The Hall–Kier alpha value is -2.79. The molecule has 0 aromatic heterocycles. The molecule has 5 heteroatoms. The topological polar surface area (TPSA) is 52.4 Å². The molecule has 0 aliphatic heterocycles. The maximum Gasteiger partial charge on any atom is 0.313 e. The van der Waals surface area contributed by atoms with Gasteiger partial charge in [-0.1, -0.05) is 54.1 Å². The van der Waals surface area contributed by atoms with E-state index in [-0.39, 0.29) is 11.4 Å². The zero-order chi connectivity index (χ0) is 19.6. The fourth-order valence-electron chi connectivity index (χ4n) is 3.22. The molecule has 3 aromatic carbocycles. The molecule has 0 unspecified atom stereocenters. The lowest BCUT2D eigenvalue weighted by atomic mass is 9.99. The molecule has 0 spiro atoms. The third-order valence-electron chi connectivity index (χ3n) is 4.44. The first-order valence-corrected chi connectivity index (χ1v) is 9.38. The van der Waals surface area contributed by atoms with Crippen molar-refractivity contribution in [3.8, 4) is 16.9 Å². The van der Waals surface area contributed by atoms with Crippen molar-refractivity contribution in [3.05, 3.63) is 87.0 Å². The predicted molar refractivity (Wildman–Crippen MR) is 110 cm³/mol. The van der Waals surface area contributed by atoms with E-state index in [1.54, 1.807) is 6.07 Å². The summed E-state index contributed by atoms with van der Waals surface area (Å²) >= 11 is 1.18. The van der Waals surface area contributed by atoms with Crippen molar-refractivity contribution in [2.75, 3.05) is 0 Å². The van der Waals surface area contributed by atoms with Gasteiger partial charge in [0.25, 0.3) is 0 Å². The van der Waals surface area contributed by atoms with Gasteiger partial charge in [0.05, 0.1) is 21.9 Å². The Balaban J connectivity index is 2.07. The summed E-state index contributed by atoms with van der Waals surface area (Å²) in [4.78, 5) is 12.2. The lowest BCUT2D eigenvalue weighted by Crippen LogP contribution is -1.97. The van der Waals surface area contributed by atoms with Crippen LogP contribution in [0.3, 0.4) is 0 Å². The fraction of sp³-hybridized carbons (Fsp3) is 0.182. The van der Waals surface area contributed by atoms with Crippen LogP contribution in [0.4, 0.5) is 5.69 Å². The Morgan fingerprint density at radius 2 is 1.48 bits per heavy atom. The molecule has 0 amide bonds. The molecule has 0 bridgehead atoms. The second-order valence-corrected chi connectivity index (χ2v) is 7.36. The summed E-state index contributed by atoms with van der Waals surface area (Å²) in [6, 6.07) is 17.0. The van der Waals surface area contributed by atoms with Crippen LogP contribution >= 0.6 is 12.0 Å². The summed E-state index contributed by atoms with van der Waals surface area (Å²) in [5, 5.41) is 11.6. The van der Waals surface area contributed by atoms with Gasteiger partial charge in [0, 0.05) is 11.6 Å². The van der Waals surface area contributed by atoms with Gasteiger partial charge in [-0.3, -0.25) is 10.1 Å². The average molecular weight is 379 g/mol. The predicted octanol–water partition coefficient (Wildman–Crippen LogP) is 6.58. The third kappa shape index (κ3) is 3.98. The largest absolute Gasteiger partial charge is 0.413 e. The molecular formula is C22H21NO3S. The van der Waals surface area contributed by atoms with Crippen LogP contribution in [-0.2, 0) is 0 Å². The van der Waals surface area contributed by atoms with Crippen LogP contribution in [0.15, 0.2) is 59.5 Å². The number of rotatable bonds is 5. The maximum absolute atomic E-state index is 11.6. The van der Waals surface area contributed by atoms with Gasteiger partial charge < -0.3 is 4.18 Å². The molecular weight excluding hydrogens is 358 g/mol. The van der Waals surface area contributed by atoms with Crippen LogP contribution in [-0.4, -0.2) is 4.92 Å². The van der Waals surface area contributed by atoms with Crippen LogP contribution in [0.1, 0.15) is 22.3 Å². The van der Waals surface area contributed by atoms with Crippen LogP contribution < -0.4 is 4.18 Å². The molecule has 0 aliphatic carbocycles. The molecule has 138 valence electrons. The maximum atomic E-state index is 11.6. The summed E-state index contributed by atoms with van der Waals surface area (Å²) in [5.74, 6) is 0.279. The van der Waals surface area contributed by atoms with Crippen LogP contribution in [0.25, 0.3) is 11.1 Å². The number of benzene rings is 3. The van der Waals surface area contributed by atoms with Crippen LogP contribution in [0, 0.1) is 37.8 Å². The van der Waals surface area contributed by atoms with Gasteiger partial charge in [-0.25, -0.2) is 0 Å². The number of nitro groups is 1. The minimum absolute atomic E-state index is 0.0364. The van der Waals surface area contributed by atoms with E-state index >= 15 is 0 Å². The van der Waals surface area contributed by atoms with Crippen LogP contribution in [0.2, 0.25) is 0 Å². The van der Waals surface area contributed by atoms with E-state index in [2.05, 4.69) is 12.1 Å². The minimum Gasteiger partial charge on any atom is -0.413 e. The quantitative estimate of drug-likeness (QED) is 0.285. The van der Waals surface area contributed by atoms with E-state index in [0.717, 1.165) is 32.7 Å². The van der Waals surface area contributed by atoms with Crippen molar-refractivity contribution in [3.63, 3.8) is 0 Å². The first-order valence-electron chi connectivity index (χ1n) is 8.64. The van der Waals surface area contributed by atoms with E-state index in [4.69, 9.17) is 4.18 Å². The lowest BCUT2D eigenvalue weighted by molar-refractivity contribution is -0.385. The smallest absolute Gasteiger partial charge is 0.313 e. The molecule has 0 aliphatic rings. The molecule has 3 rings (SSSR count). The second kappa shape index (κ2) is 7.84. The van der Waals surface area contributed by atoms with Crippen molar-refractivity contribution >= 4 is 17.7 Å². The van der Waals surface area contributed by atoms with Crippen molar-refractivity contribution < 1.29 is 9.11 Å². The lowest BCUT2D eigenvalue weighted by Gasteiger charge is -2.14. The van der Waals surface area contributed by atoms with E-state index in [9.17, 15) is 10.1 Å². The summed E-state index contributed by atoms with van der Waals surface area (Å²) in [7, 11) is 0. The molecule has 0 heterocycles. The van der Waals surface area contributed by atoms with Crippen molar-refractivity contribution in [1.29, 1.82) is 0 Å². The van der Waals surface area contributed by atoms with Crippen molar-refractivity contribution in [1.82, 2.24) is 0 Å². The normalized spacial score (nSPS) is 10.7. The number of nitro benzene ring substituents is 1. The van der Waals surface area contributed by atoms with Gasteiger partial charge in [-0.05, 0) is 49.9 Å². The molecule has 0 atom stereocenters. The fourth-order valence-corrected chi connectivity index (χ4v) is 3.95. The van der Waals surface area contributed by atoms with Crippen molar-refractivity contribution in [2.24, 2.45) is 0 Å². The number of para-hydroxylation sites is 1. The first kappa shape index (κ1) is 19.0. The van der Waals surface area contributed by atoms with Crippen molar-refractivity contribution in [2.45, 2.75) is 32.6 Å². The summed E-state index contributed by atoms with van der Waals surface area (Å²) in [6.45, 7) is 8.08. The molecule has 0 saturated heterocycles. The van der Waals surface area contributed by atoms with Gasteiger partial charge in [-0.15, -0.1) is 0 Å². The number of hydrogen-bond acceptors (Lipinski definition) is 4. The van der Waals surface area contributed by atoms with E-state index in [1.165, 1.54) is 23.7 Å². The highest BCUT2D eigenvalue weighted by Gasteiger charge is 2.22. The first-order chi connectivity index (χ1) is 12.9. The highest BCUT2D eigenvalue weighted by atomic mass is 32.2. The molecule has 3 aromatic rings. The number of nitrogens with zero attached hydrogens (tertiary/aromatic N) is 1. The number of hydrogen-bond donors (Lipinski definition) is 0. The minimum atomic E-state index is -0.396. The standard InChI is InChI=1S/C22H21NO3S/c1-14-12-16(3)22(17(4)13-14)27-26-21-19(10-7-11-20(21)23(24)25)18-9-6-5-8-15(18)2/h5-13H,1-4H3. The van der Waals surface area contributed by atoms with E-state index in [0.29, 0.717) is 0 Å². The Kier molecular flexibility index (Phi) is 5.51. The zero-order valence-corrected chi connectivity index (χ0v) is 16.6. The Morgan fingerprint density at radius 1 is 0.852 bits per heavy atom. The molecule has 0 N–H and O–H groups in total. The third-order valence-corrected chi connectivity index (χ3v) is 5.50. The molecule has 0 fully saturated rings. The molecule has 4 nitrogen and oxygen atoms in total. The molecule has 27 heavy (non-hydrogen) atoms. The summed E-state index contributed by atoms with van der Waals surface area (Å²) in [5.41, 5.74) is 6.01. The monoisotopic (exact) mass is 379 g/mol. The van der Waals surface area contributed by atoms with Gasteiger partial charge in [0.15, 0.2) is 0 Å². The van der Waals surface area contributed by atoms with Gasteiger partial charge >= 0.3 is 5.69 Å². The summed E-state index contributed by atoms with van der Waals surface area (Å²) < 4.78 is 6.00. The molecule has 0 radical (unpaired) electrons. The van der Waals surface area contributed by atoms with Crippen LogP contribution in [0.5, 0.6) is 5.75 Å².